The highest BCUT2D eigenvalue weighted by Crippen LogP contribution is 2.31. The quantitative estimate of drug-likeness (QED) is 0.737. The maximum absolute atomic E-state index is 12.0. The predicted molar refractivity (Wildman–Crippen MR) is 80.5 cm³/mol. The van der Waals surface area contributed by atoms with E-state index in [-0.39, 0.29) is 5.78 Å². The molecule has 19 heavy (non-hydrogen) atoms. The van der Waals surface area contributed by atoms with E-state index >= 15 is 0 Å². The van der Waals surface area contributed by atoms with Crippen molar-refractivity contribution in [3.05, 3.63) is 50.7 Å². The third kappa shape index (κ3) is 2.15. The highest BCUT2D eigenvalue weighted by Gasteiger charge is 2.23. The van der Waals surface area contributed by atoms with Crippen LogP contribution in [0, 0.1) is 6.92 Å². The van der Waals surface area contributed by atoms with Crippen LogP contribution in [-0.4, -0.2) is 10.4 Å². The summed E-state index contributed by atoms with van der Waals surface area (Å²) in [6.45, 7) is 2.03. The zero-order valence-corrected chi connectivity index (χ0v) is 12.9. The van der Waals surface area contributed by atoms with Gasteiger partial charge in [0.1, 0.15) is 0 Å². The van der Waals surface area contributed by atoms with E-state index in [0.29, 0.717) is 11.4 Å². The molecule has 0 fully saturated rings. The predicted octanol–water partition coefficient (Wildman–Crippen LogP) is 4.72. The molecule has 0 radical (unpaired) electrons. The Bertz CT molecular complexity index is 675. The van der Waals surface area contributed by atoms with Gasteiger partial charge in [-0.2, -0.15) is 0 Å². The number of aryl methyl sites for hydroxylation is 1. The Morgan fingerprint density at radius 1 is 1.26 bits per heavy atom. The van der Waals surface area contributed by atoms with Crippen molar-refractivity contribution in [2.24, 2.45) is 0 Å². The van der Waals surface area contributed by atoms with E-state index in [4.69, 9.17) is 11.6 Å². The molecular weight excluding hydrogens is 326 g/mol. The second-order valence-electron chi connectivity index (χ2n) is 4.86. The summed E-state index contributed by atoms with van der Waals surface area (Å²) >= 11 is 9.57. The van der Waals surface area contributed by atoms with Crippen LogP contribution < -0.4 is 0 Å². The van der Waals surface area contributed by atoms with Gasteiger partial charge in [0.25, 0.3) is 0 Å². The number of Topliss-reactive ketones (excluding diaryl/α,β-unsaturated/α-hetero) is 1. The Labute approximate surface area is 125 Å². The SMILES string of the molecule is Cc1cc2c(n1-c1ccc(Br)c(Cl)c1)CCCC2=O. The normalized spacial score (nSPS) is 14.6. The van der Waals surface area contributed by atoms with Crippen molar-refractivity contribution in [3.63, 3.8) is 0 Å². The number of hydrogen-bond acceptors (Lipinski definition) is 1. The number of fused-ring (bicyclic) bond motifs is 1. The first-order chi connectivity index (χ1) is 9.08. The summed E-state index contributed by atoms with van der Waals surface area (Å²) in [5.74, 6) is 0.256. The van der Waals surface area contributed by atoms with Crippen molar-refractivity contribution in [1.82, 2.24) is 4.57 Å². The minimum atomic E-state index is 0.256. The van der Waals surface area contributed by atoms with Gasteiger partial charge in [-0.15, -0.1) is 0 Å². The molecule has 0 amide bonds. The second-order valence-corrected chi connectivity index (χ2v) is 6.12. The molecule has 0 spiro atoms. The Kier molecular flexibility index (Phi) is 3.27. The van der Waals surface area contributed by atoms with Gasteiger partial charge >= 0.3 is 0 Å². The number of benzene rings is 1. The summed E-state index contributed by atoms with van der Waals surface area (Å²) in [5.41, 5.74) is 4.09. The Morgan fingerprint density at radius 2 is 2.05 bits per heavy atom. The van der Waals surface area contributed by atoms with Crippen LogP contribution in [0.2, 0.25) is 5.02 Å². The molecule has 1 aliphatic rings. The average Bonchev–Trinajstić information content (AvgIpc) is 2.71. The number of aromatic nitrogens is 1. The number of ketones is 1. The number of halogens is 2. The van der Waals surface area contributed by atoms with Gasteiger partial charge in [-0.05, 0) is 60.0 Å². The molecule has 0 unspecified atom stereocenters. The summed E-state index contributed by atoms with van der Waals surface area (Å²) < 4.78 is 3.03. The smallest absolute Gasteiger partial charge is 0.164 e. The first-order valence-electron chi connectivity index (χ1n) is 6.28. The van der Waals surface area contributed by atoms with Gasteiger partial charge in [0.05, 0.1) is 5.02 Å². The zero-order valence-electron chi connectivity index (χ0n) is 10.5. The van der Waals surface area contributed by atoms with Crippen molar-refractivity contribution >= 4 is 33.3 Å². The molecule has 2 aromatic rings. The number of hydrogen-bond donors (Lipinski definition) is 0. The van der Waals surface area contributed by atoms with E-state index < -0.39 is 0 Å². The van der Waals surface area contributed by atoms with Crippen LogP contribution in [-0.2, 0) is 6.42 Å². The van der Waals surface area contributed by atoms with E-state index in [0.717, 1.165) is 40.0 Å². The van der Waals surface area contributed by atoms with E-state index in [9.17, 15) is 4.79 Å². The lowest BCUT2D eigenvalue weighted by molar-refractivity contribution is 0.0972. The monoisotopic (exact) mass is 337 g/mol. The van der Waals surface area contributed by atoms with Gasteiger partial charge in [0.2, 0.25) is 0 Å². The Balaban J connectivity index is 2.20. The zero-order chi connectivity index (χ0) is 13.6. The minimum Gasteiger partial charge on any atom is -0.317 e. The second kappa shape index (κ2) is 4.80. The van der Waals surface area contributed by atoms with Crippen LogP contribution in [0.25, 0.3) is 5.69 Å². The summed E-state index contributed by atoms with van der Waals surface area (Å²) in [6.07, 6.45) is 2.54. The molecule has 0 saturated heterocycles. The molecule has 0 bridgehead atoms. The van der Waals surface area contributed by atoms with Gasteiger partial charge in [0, 0.05) is 33.5 Å². The minimum absolute atomic E-state index is 0.256. The average molecular weight is 339 g/mol. The van der Waals surface area contributed by atoms with Crippen LogP contribution >= 0.6 is 27.5 Å². The lowest BCUT2D eigenvalue weighted by Crippen LogP contribution is -2.12. The van der Waals surface area contributed by atoms with Crippen molar-refractivity contribution < 1.29 is 4.79 Å². The van der Waals surface area contributed by atoms with Gasteiger partial charge in [0.15, 0.2) is 5.78 Å². The van der Waals surface area contributed by atoms with E-state index in [1.54, 1.807) is 0 Å². The van der Waals surface area contributed by atoms with E-state index in [1.807, 2.05) is 31.2 Å². The topological polar surface area (TPSA) is 22.0 Å². The Hall–Kier alpha value is -1.06. The number of carbonyl (C=O) groups excluding carboxylic acids is 1. The summed E-state index contributed by atoms with van der Waals surface area (Å²) in [7, 11) is 0. The molecule has 0 N–H and O–H groups in total. The van der Waals surface area contributed by atoms with Gasteiger partial charge in [-0.3, -0.25) is 4.79 Å². The van der Waals surface area contributed by atoms with E-state index in [1.165, 1.54) is 0 Å². The number of carbonyl (C=O) groups is 1. The largest absolute Gasteiger partial charge is 0.317 e. The molecule has 3 rings (SSSR count). The first-order valence-corrected chi connectivity index (χ1v) is 7.45. The maximum Gasteiger partial charge on any atom is 0.164 e. The van der Waals surface area contributed by atoms with Crippen molar-refractivity contribution in [3.8, 4) is 5.69 Å². The molecule has 2 nitrogen and oxygen atoms in total. The third-order valence-corrected chi connectivity index (χ3v) is 4.80. The fourth-order valence-corrected chi connectivity index (χ4v) is 3.13. The fraction of sp³-hybridized carbons (Fsp3) is 0.267. The molecule has 1 heterocycles. The van der Waals surface area contributed by atoms with E-state index in [2.05, 4.69) is 20.5 Å². The van der Waals surface area contributed by atoms with Crippen LogP contribution in [0.1, 0.15) is 34.6 Å². The van der Waals surface area contributed by atoms with Crippen LogP contribution in [0.5, 0.6) is 0 Å². The van der Waals surface area contributed by atoms with Gasteiger partial charge in [-0.1, -0.05) is 11.6 Å². The highest BCUT2D eigenvalue weighted by molar-refractivity contribution is 9.10. The first kappa shape index (κ1) is 12.9. The summed E-state index contributed by atoms with van der Waals surface area (Å²) in [6, 6.07) is 7.88. The van der Waals surface area contributed by atoms with Crippen molar-refractivity contribution in [2.75, 3.05) is 0 Å². The van der Waals surface area contributed by atoms with Crippen LogP contribution in [0.15, 0.2) is 28.7 Å². The lowest BCUT2D eigenvalue weighted by Gasteiger charge is -2.16. The molecule has 4 heteroatoms. The molecule has 0 saturated carbocycles. The lowest BCUT2D eigenvalue weighted by atomic mass is 9.96. The molecule has 98 valence electrons. The van der Waals surface area contributed by atoms with Crippen LogP contribution in [0.4, 0.5) is 0 Å². The van der Waals surface area contributed by atoms with Gasteiger partial charge in [-0.25, -0.2) is 0 Å². The highest BCUT2D eigenvalue weighted by atomic mass is 79.9. The molecule has 1 aromatic carbocycles. The van der Waals surface area contributed by atoms with Crippen LogP contribution in [0.3, 0.4) is 0 Å². The molecule has 1 aromatic heterocycles. The molecule has 0 atom stereocenters. The van der Waals surface area contributed by atoms with Crippen molar-refractivity contribution in [2.45, 2.75) is 26.2 Å². The summed E-state index contributed by atoms with van der Waals surface area (Å²) in [4.78, 5) is 12.0. The summed E-state index contributed by atoms with van der Waals surface area (Å²) in [5, 5.41) is 0.682. The van der Waals surface area contributed by atoms with Crippen molar-refractivity contribution in [1.29, 1.82) is 0 Å². The third-order valence-electron chi connectivity index (χ3n) is 3.57. The van der Waals surface area contributed by atoms with Gasteiger partial charge < -0.3 is 4.57 Å². The standard InChI is InChI=1S/C15H13BrClNO/c1-9-7-11-14(3-2-4-15(11)19)18(9)10-5-6-12(16)13(17)8-10/h5-8H,2-4H2,1H3. The number of rotatable bonds is 1. The molecule has 0 aliphatic heterocycles. The molecule has 1 aliphatic carbocycles. The Morgan fingerprint density at radius 3 is 2.79 bits per heavy atom. The molecular formula is C15H13BrClNO. The fourth-order valence-electron chi connectivity index (χ4n) is 2.71. The maximum atomic E-state index is 12.0. The number of nitrogens with zero attached hydrogens (tertiary/aromatic N) is 1.